The fourth-order valence-corrected chi connectivity index (χ4v) is 3.40. The van der Waals surface area contributed by atoms with Crippen molar-refractivity contribution in [2.24, 2.45) is 5.92 Å². The predicted octanol–water partition coefficient (Wildman–Crippen LogP) is 2.69. The fraction of sp³-hybridized carbons (Fsp3) is 0.529. The highest BCUT2D eigenvalue weighted by molar-refractivity contribution is 5.38. The second-order valence-corrected chi connectivity index (χ2v) is 6.38. The molecule has 0 amide bonds. The lowest BCUT2D eigenvalue weighted by molar-refractivity contribution is 0.314. The van der Waals surface area contributed by atoms with Crippen LogP contribution < -0.4 is 5.32 Å². The van der Waals surface area contributed by atoms with E-state index >= 15 is 0 Å². The van der Waals surface area contributed by atoms with E-state index in [1.54, 1.807) is 0 Å². The van der Waals surface area contributed by atoms with Crippen LogP contribution in [0.1, 0.15) is 43.0 Å². The minimum atomic E-state index is 0.0217. The van der Waals surface area contributed by atoms with Crippen LogP contribution in [0.25, 0.3) is 0 Å². The first kappa shape index (κ1) is 13.0. The third-order valence-corrected chi connectivity index (χ3v) is 4.83. The molecule has 4 heteroatoms. The Morgan fingerprint density at radius 2 is 2.10 bits per heavy atom. The molecule has 2 fully saturated rings. The average molecular weight is 283 g/mol. The van der Waals surface area contributed by atoms with Gasteiger partial charge in [0.15, 0.2) is 5.82 Å². The van der Waals surface area contributed by atoms with Gasteiger partial charge in [0.05, 0.1) is 5.41 Å². The fourth-order valence-electron chi connectivity index (χ4n) is 3.40. The second kappa shape index (κ2) is 5.26. The van der Waals surface area contributed by atoms with Gasteiger partial charge in [0.2, 0.25) is 5.89 Å². The van der Waals surface area contributed by atoms with Crippen molar-refractivity contribution < 1.29 is 4.52 Å². The van der Waals surface area contributed by atoms with Crippen molar-refractivity contribution in [3.05, 3.63) is 47.6 Å². The number of nitrogens with zero attached hydrogens (tertiary/aromatic N) is 2. The van der Waals surface area contributed by atoms with E-state index in [1.165, 1.54) is 18.4 Å². The van der Waals surface area contributed by atoms with Gasteiger partial charge in [0.25, 0.3) is 0 Å². The first-order chi connectivity index (χ1) is 10.4. The summed E-state index contributed by atoms with van der Waals surface area (Å²) in [5, 5.41) is 7.73. The minimum absolute atomic E-state index is 0.0217. The maximum absolute atomic E-state index is 5.53. The molecule has 0 bridgehead atoms. The molecule has 1 aliphatic heterocycles. The summed E-state index contributed by atoms with van der Waals surface area (Å²) in [6.07, 6.45) is 5.67. The maximum atomic E-state index is 5.53. The van der Waals surface area contributed by atoms with Crippen LogP contribution in [0.5, 0.6) is 0 Å². The molecule has 2 aliphatic rings. The summed E-state index contributed by atoms with van der Waals surface area (Å²) in [5.74, 6) is 2.33. The zero-order chi connectivity index (χ0) is 14.1. The van der Waals surface area contributed by atoms with E-state index in [1.807, 2.05) is 0 Å². The van der Waals surface area contributed by atoms with Crippen molar-refractivity contribution >= 4 is 0 Å². The number of aromatic nitrogens is 2. The molecule has 0 spiro atoms. The molecule has 21 heavy (non-hydrogen) atoms. The van der Waals surface area contributed by atoms with Gasteiger partial charge in [-0.15, -0.1) is 0 Å². The van der Waals surface area contributed by atoms with Crippen LogP contribution in [-0.4, -0.2) is 23.2 Å². The molecule has 4 rings (SSSR count). The monoisotopic (exact) mass is 283 g/mol. The standard InChI is InChI=1S/C17H21N3O/c1-2-6-14(7-3-1)17(8-9-17)16-19-15(21-20-16)11-13-5-4-10-18-12-13/h1-3,6-7,13,18H,4-5,8-12H2. The van der Waals surface area contributed by atoms with Crippen LogP contribution in [0.2, 0.25) is 0 Å². The van der Waals surface area contributed by atoms with Crippen molar-refractivity contribution in [3.8, 4) is 0 Å². The summed E-state index contributed by atoms with van der Waals surface area (Å²) in [5.41, 5.74) is 1.34. The van der Waals surface area contributed by atoms with Crippen LogP contribution in [0, 0.1) is 5.92 Å². The number of rotatable bonds is 4. The smallest absolute Gasteiger partial charge is 0.227 e. The van der Waals surface area contributed by atoms with Gasteiger partial charge in [-0.1, -0.05) is 35.5 Å². The van der Waals surface area contributed by atoms with E-state index in [9.17, 15) is 0 Å². The first-order valence-electron chi connectivity index (χ1n) is 7.96. The summed E-state index contributed by atoms with van der Waals surface area (Å²) >= 11 is 0. The highest BCUT2D eigenvalue weighted by atomic mass is 16.5. The van der Waals surface area contributed by atoms with Gasteiger partial charge >= 0.3 is 0 Å². The van der Waals surface area contributed by atoms with Gasteiger partial charge in [0.1, 0.15) is 0 Å². The molecule has 1 saturated carbocycles. The van der Waals surface area contributed by atoms with Gasteiger partial charge in [-0.25, -0.2) is 0 Å². The molecule has 1 aliphatic carbocycles. The van der Waals surface area contributed by atoms with Crippen LogP contribution in [-0.2, 0) is 11.8 Å². The van der Waals surface area contributed by atoms with Gasteiger partial charge < -0.3 is 9.84 Å². The van der Waals surface area contributed by atoms with E-state index in [2.05, 4.69) is 40.8 Å². The number of nitrogens with one attached hydrogen (secondary N) is 1. The van der Waals surface area contributed by atoms with E-state index in [4.69, 9.17) is 9.51 Å². The minimum Gasteiger partial charge on any atom is -0.339 e. The number of piperidine rings is 1. The van der Waals surface area contributed by atoms with Crippen LogP contribution in [0.15, 0.2) is 34.9 Å². The van der Waals surface area contributed by atoms with Crippen LogP contribution in [0.4, 0.5) is 0 Å². The Bertz CT molecular complexity index is 598. The summed E-state index contributed by atoms with van der Waals surface area (Å²) in [6.45, 7) is 2.21. The molecule has 1 saturated heterocycles. The van der Waals surface area contributed by atoms with E-state index in [0.29, 0.717) is 5.92 Å². The molecule has 0 radical (unpaired) electrons. The summed E-state index contributed by atoms with van der Waals surface area (Å²) in [6, 6.07) is 10.6. The first-order valence-corrected chi connectivity index (χ1v) is 7.96. The Hall–Kier alpha value is -1.68. The Kier molecular flexibility index (Phi) is 3.26. The molecular formula is C17H21N3O. The van der Waals surface area contributed by atoms with Gasteiger partial charge in [0, 0.05) is 6.42 Å². The summed E-state index contributed by atoms with van der Waals surface area (Å²) in [7, 11) is 0. The van der Waals surface area contributed by atoms with Crippen molar-refractivity contribution in [1.82, 2.24) is 15.5 Å². The quantitative estimate of drug-likeness (QED) is 0.937. The van der Waals surface area contributed by atoms with Crippen LogP contribution >= 0.6 is 0 Å². The molecule has 1 unspecified atom stereocenters. The Labute approximate surface area is 124 Å². The summed E-state index contributed by atoms with van der Waals surface area (Å²) < 4.78 is 5.53. The molecule has 4 nitrogen and oxygen atoms in total. The molecule has 1 atom stereocenters. The topological polar surface area (TPSA) is 51.0 Å². The van der Waals surface area contributed by atoms with Crippen molar-refractivity contribution in [2.75, 3.05) is 13.1 Å². The van der Waals surface area contributed by atoms with Crippen LogP contribution in [0.3, 0.4) is 0 Å². The Balaban J connectivity index is 1.52. The molecule has 110 valence electrons. The third-order valence-electron chi connectivity index (χ3n) is 4.83. The normalized spacial score (nSPS) is 23.9. The lowest BCUT2D eigenvalue weighted by Gasteiger charge is -2.20. The highest BCUT2D eigenvalue weighted by Gasteiger charge is 2.49. The maximum Gasteiger partial charge on any atom is 0.227 e. The Morgan fingerprint density at radius 3 is 2.81 bits per heavy atom. The average Bonchev–Trinajstić information content (AvgIpc) is 3.23. The molecular weight excluding hydrogens is 262 g/mol. The van der Waals surface area contributed by atoms with E-state index in [-0.39, 0.29) is 5.41 Å². The molecule has 2 aromatic rings. The molecule has 1 aromatic heterocycles. The van der Waals surface area contributed by atoms with Crippen molar-refractivity contribution in [1.29, 1.82) is 0 Å². The number of hydrogen-bond donors (Lipinski definition) is 1. The molecule has 1 aromatic carbocycles. The number of hydrogen-bond acceptors (Lipinski definition) is 4. The van der Waals surface area contributed by atoms with Crippen molar-refractivity contribution in [3.63, 3.8) is 0 Å². The van der Waals surface area contributed by atoms with Gasteiger partial charge in [-0.05, 0) is 50.3 Å². The van der Waals surface area contributed by atoms with E-state index < -0.39 is 0 Å². The Morgan fingerprint density at radius 1 is 1.24 bits per heavy atom. The molecule has 1 N–H and O–H groups in total. The number of benzene rings is 1. The van der Waals surface area contributed by atoms with Crippen molar-refractivity contribution in [2.45, 2.75) is 37.5 Å². The lowest BCUT2D eigenvalue weighted by atomic mass is 9.95. The molecule has 2 heterocycles. The van der Waals surface area contributed by atoms with E-state index in [0.717, 1.165) is 44.1 Å². The predicted molar refractivity (Wildman–Crippen MR) is 80.1 cm³/mol. The lowest BCUT2D eigenvalue weighted by Crippen LogP contribution is -2.30. The SMILES string of the molecule is c1ccc(C2(c3noc(CC4CCCNC4)n3)CC2)cc1. The third kappa shape index (κ3) is 2.48. The summed E-state index contributed by atoms with van der Waals surface area (Å²) in [4.78, 5) is 4.71. The largest absolute Gasteiger partial charge is 0.339 e. The zero-order valence-corrected chi connectivity index (χ0v) is 12.2. The highest BCUT2D eigenvalue weighted by Crippen LogP contribution is 2.52. The zero-order valence-electron chi connectivity index (χ0n) is 12.2. The van der Waals surface area contributed by atoms with Gasteiger partial charge in [-0.2, -0.15) is 4.98 Å². The second-order valence-electron chi connectivity index (χ2n) is 6.38. The van der Waals surface area contributed by atoms with Gasteiger partial charge in [-0.3, -0.25) is 0 Å².